The summed E-state index contributed by atoms with van der Waals surface area (Å²) in [6.07, 6.45) is 6.22. The van der Waals surface area contributed by atoms with E-state index in [1.807, 2.05) is 13.0 Å². The van der Waals surface area contributed by atoms with E-state index < -0.39 is 24.0 Å². The molecule has 1 aliphatic heterocycles. The summed E-state index contributed by atoms with van der Waals surface area (Å²) >= 11 is 0. The molecule has 1 heterocycles. The van der Waals surface area contributed by atoms with Crippen molar-refractivity contribution in [2.75, 3.05) is 6.61 Å². The third-order valence-electron chi connectivity index (χ3n) is 6.48. The summed E-state index contributed by atoms with van der Waals surface area (Å²) in [4.78, 5) is 41.8. The van der Waals surface area contributed by atoms with Crippen molar-refractivity contribution in [3.8, 4) is 5.75 Å². The van der Waals surface area contributed by atoms with Gasteiger partial charge < -0.3 is 14.8 Å². The predicted octanol–water partition coefficient (Wildman–Crippen LogP) is 5.26. The molecule has 7 nitrogen and oxygen atoms in total. The number of rotatable bonds is 7. The van der Waals surface area contributed by atoms with Gasteiger partial charge in [-0.15, -0.1) is 0 Å². The Hall–Kier alpha value is -3.48. The van der Waals surface area contributed by atoms with E-state index in [1.165, 1.54) is 19.3 Å². The summed E-state index contributed by atoms with van der Waals surface area (Å²) < 4.78 is 11.2. The Morgan fingerprint density at radius 2 is 1.71 bits per heavy atom. The van der Waals surface area contributed by atoms with Gasteiger partial charge in [0, 0.05) is 5.71 Å². The van der Waals surface area contributed by atoms with Gasteiger partial charge in [-0.05, 0) is 55.0 Å². The highest BCUT2D eigenvalue weighted by atomic mass is 16.5. The van der Waals surface area contributed by atoms with Gasteiger partial charge in [-0.2, -0.15) is 0 Å². The molecule has 1 fully saturated rings. The summed E-state index contributed by atoms with van der Waals surface area (Å²) in [7, 11) is 0. The van der Waals surface area contributed by atoms with E-state index in [-0.39, 0.29) is 5.97 Å². The summed E-state index contributed by atoms with van der Waals surface area (Å²) in [5, 5.41) is 2.82. The van der Waals surface area contributed by atoms with Crippen molar-refractivity contribution >= 4 is 23.7 Å². The zero-order valence-corrected chi connectivity index (χ0v) is 19.4. The van der Waals surface area contributed by atoms with Gasteiger partial charge in [-0.25, -0.2) is 14.6 Å². The third-order valence-corrected chi connectivity index (χ3v) is 6.48. The number of urea groups is 1. The smallest absolute Gasteiger partial charge is 0.343 e. The average molecular weight is 463 g/mol. The van der Waals surface area contributed by atoms with E-state index in [4.69, 9.17) is 9.47 Å². The number of carbonyl (C=O) groups is 3. The van der Waals surface area contributed by atoms with E-state index >= 15 is 0 Å². The number of aliphatic imine (C=N–C) groups is 1. The van der Waals surface area contributed by atoms with Crippen LogP contribution < -0.4 is 10.1 Å². The Labute approximate surface area is 199 Å². The number of amides is 2. The lowest BCUT2D eigenvalue weighted by Gasteiger charge is -2.31. The normalized spacial score (nSPS) is 20.7. The van der Waals surface area contributed by atoms with Crippen molar-refractivity contribution in [2.24, 2.45) is 16.8 Å². The molecule has 1 N–H and O–H groups in total. The van der Waals surface area contributed by atoms with E-state index in [9.17, 15) is 14.4 Å². The summed E-state index contributed by atoms with van der Waals surface area (Å²) in [5.74, 6) is -0.737. The molecule has 0 radical (unpaired) electrons. The molecule has 34 heavy (non-hydrogen) atoms. The van der Waals surface area contributed by atoms with Crippen LogP contribution in [0.25, 0.3) is 0 Å². The highest BCUT2D eigenvalue weighted by molar-refractivity contribution is 6.09. The average Bonchev–Trinajstić information content (AvgIpc) is 2.88. The van der Waals surface area contributed by atoms with Gasteiger partial charge in [0.1, 0.15) is 11.7 Å². The van der Waals surface area contributed by atoms with Crippen LogP contribution in [0.4, 0.5) is 4.79 Å². The number of benzene rings is 2. The fourth-order valence-electron chi connectivity index (χ4n) is 4.61. The topological polar surface area (TPSA) is 94.1 Å². The van der Waals surface area contributed by atoms with E-state index in [1.54, 1.807) is 48.5 Å². The van der Waals surface area contributed by atoms with Gasteiger partial charge in [0.25, 0.3) is 0 Å². The molecular weight excluding hydrogens is 432 g/mol. The van der Waals surface area contributed by atoms with Crippen LogP contribution >= 0.6 is 0 Å². The molecule has 4 rings (SSSR count). The highest BCUT2D eigenvalue weighted by Gasteiger charge is 2.39. The first-order valence-corrected chi connectivity index (χ1v) is 12.0. The van der Waals surface area contributed by atoms with Crippen molar-refractivity contribution in [2.45, 2.75) is 51.5 Å². The minimum atomic E-state index is -0.691. The van der Waals surface area contributed by atoms with Gasteiger partial charge in [0.05, 0.1) is 18.2 Å². The number of hydrogen-bond acceptors (Lipinski definition) is 5. The molecule has 0 aromatic heterocycles. The van der Waals surface area contributed by atoms with Crippen LogP contribution in [0.3, 0.4) is 0 Å². The van der Waals surface area contributed by atoms with Gasteiger partial charge in [-0.1, -0.05) is 56.5 Å². The van der Waals surface area contributed by atoms with Crippen LogP contribution in [0.2, 0.25) is 0 Å². The van der Waals surface area contributed by atoms with Crippen molar-refractivity contribution in [3.63, 3.8) is 0 Å². The standard InChI is InChI=1S/C27H30N2O5/c1-2-22-23(26(31)33-17-18-9-5-3-6-10-18)24(29-27(32)28-22)19-13-15-21(16-14-19)34-25(30)20-11-7-4-8-12-20/h4,7-8,11-16,18,23-24H,2-3,5-6,9-10,17H2,1H3,(H,29,32). The van der Waals surface area contributed by atoms with Gasteiger partial charge in [0.2, 0.25) is 0 Å². The molecule has 7 heteroatoms. The van der Waals surface area contributed by atoms with Gasteiger partial charge in [-0.3, -0.25) is 4.79 Å². The van der Waals surface area contributed by atoms with Crippen LogP contribution in [-0.2, 0) is 9.53 Å². The minimum Gasteiger partial charge on any atom is -0.465 e. The number of nitrogens with zero attached hydrogens (tertiary/aromatic N) is 1. The maximum absolute atomic E-state index is 13.1. The second kappa shape index (κ2) is 11.1. The van der Waals surface area contributed by atoms with E-state index in [2.05, 4.69) is 10.3 Å². The lowest BCUT2D eigenvalue weighted by molar-refractivity contribution is -0.148. The molecule has 2 unspecified atom stereocenters. The number of nitrogens with one attached hydrogen (secondary N) is 1. The fraction of sp³-hybridized carbons (Fsp3) is 0.407. The monoisotopic (exact) mass is 462 g/mol. The number of ether oxygens (including phenoxy) is 2. The maximum atomic E-state index is 13.1. The predicted molar refractivity (Wildman–Crippen MR) is 128 cm³/mol. The molecular formula is C27H30N2O5. The first-order valence-electron chi connectivity index (χ1n) is 12.0. The number of hydrogen-bond donors (Lipinski definition) is 1. The van der Waals surface area contributed by atoms with Gasteiger partial charge in [0.15, 0.2) is 0 Å². The van der Waals surface area contributed by atoms with Crippen molar-refractivity contribution in [1.82, 2.24) is 5.32 Å². The Morgan fingerprint density at radius 1 is 1.00 bits per heavy atom. The van der Waals surface area contributed by atoms with Crippen LogP contribution in [0.15, 0.2) is 59.6 Å². The van der Waals surface area contributed by atoms with Crippen molar-refractivity contribution < 1.29 is 23.9 Å². The lowest BCUT2D eigenvalue weighted by Crippen LogP contribution is -2.45. The largest absolute Gasteiger partial charge is 0.465 e. The number of carbonyl (C=O) groups excluding carboxylic acids is 3. The Morgan fingerprint density at radius 3 is 2.38 bits per heavy atom. The third kappa shape index (κ3) is 5.71. The molecule has 1 saturated carbocycles. The first-order chi connectivity index (χ1) is 16.5. The quantitative estimate of drug-likeness (QED) is 0.447. The SMILES string of the molecule is CCC1=NC(=O)NC(c2ccc(OC(=O)c3ccccc3)cc2)C1C(=O)OCC1CCCCC1. The van der Waals surface area contributed by atoms with Crippen molar-refractivity contribution in [1.29, 1.82) is 0 Å². The Kier molecular flexibility index (Phi) is 7.72. The molecule has 1 aliphatic carbocycles. The molecule has 0 bridgehead atoms. The van der Waals surface area contributed by atoms with E-state index in [0.717, 1.165) is 12.8 Å². The van der Waals surface area contributed by atoms with E-state index in [0.29, 0.717) is 41.5 Å². The minimum absolute atomic E-state index is 0.365. The number of esters is 2. The second-order valence-corrected chi connectivity index (χ2v) is 8.82. The zero-order valence-electron chi connectivity index (χ0n) is 19.4. The molecule has 0 saturated heterocycles. The Balaban J connectivity index is 1.48. The summed E-state index contributed by atoms with van der Waals surface area (Å²) in [6.45, 7) is 2.28. The van der Waals surface area contributed by atoms with Crippen LogP contribution in [-0.4, -0.2) is 30.3 Å². The molecule has 2 aliphatic rings. The van der Waals surface area contributed by atoms with Crippen molar-refractivity contribution in [3.05, 3.63) is 65.7 Å². The maximum Gasteiger partial charge on any atom is 0.343 e. The fourth-order valence-corrected chi connectivity index (χ4v) is 4.61. The molecule has 2 atom stereocenters. The molecule has 178 valence electrons. The lowest BCUT2D eigenvalue weighted by atomic mass is 9.86. The van der Waals surface area contributed by atoms with Crippen LogP contribution in [0.1, 0.15) is 67.4 Å². The molecule has 0 spiro atoms. The Bertz CT molecular complexity index is 1040. The second-order valence-electron chi connectivity index (χ2n) is 8.82. The molecule has 2 aromatic rings. The van der Waals surface area contributed by atoms with Gasteiger partial charge >= 0.3 is 18.0 Å². The summed E-state index contributed by atoms with van der Waals surface area (Å²) in [5.41, 5.74) is 1.69. The highest BCUT2D eigenvalue weighted by Crippen LogP contribution is 2.31. The molecule has 2 amide bonds. The summed E-state index contributed by atoms with van der Waals surface area (Å²) in [6, 6.07) is 14.5. The van der Waals surface area contributed by atoms with Crippen LogP contribution in [0.5, 0.6) is 5.75 Å². The first kappa shape index (κ1) is 23.7. The zero-order chi connectivity index (χ0) is 23.9. The molecule has 2 aromatic carbocycles. The van der Waals surface area contributed by atoms with Crippen LogP contribution in [0, 0.1) is 11.8 Å².